The van der Waals surface area contributed by atoms with E-state index in [4.69, 9.17) is 0 Å². The Kier molecular flexibility index (Phi) is 6.04. The van der Waals surface area contributed by atoms with Gasteiger partial charge in [-0.05, 0) is 43.3 Å². The number of likely N-dealkylation sites (N-methyl/N-ethyl adjacent to an activating group) is 1. The van der Waals surface area contributed by atoms with E-state index in [2.05, 4.69) is 15.1 Å². The number of hydrogen-bond acceptors (Lipinski definition) is 5. The highest BCUT2D eigenvalue weighted by molar-refractivity contribution is 7.89. The summed E-state index contributed by atoms with van der Waals surface area (Å²) in [5, 5.41) is 6.37. The molecule has 1 atom stereocenters. The van der Waals surface area contributed by atoms with Crippen molar-refractivity contribution in [3.05, 3.63) is 93.4 Å². The van der Waals surface area contributed by atoms with Crippen LogP contribution in [0.4, 0.5) is 0 Å². The molecule has 2 aromatic carbocycles. The smallest absolute Gasteiger partial charge is 0.267 e. The zero-order chi connectivity index (χ0) is 22.0. The number of rotatable bonds is 5. The van der Waals surface area contributed by atoms with Crippen LogP contribution >= 0.6 is 0 Å². The highest BCUT2D eigenvalue weighted by atomic mass is 32.2. The van der Waals surface area contributed by atoms with Crippen LogP contribution in [-0.2, 0) is 16.4 Å². The second-order valence-corrected chi connectivity index (χ2v) is 9.88. The number of hydrogen-bond donors (Lipinski definition) is 1. The number of sulfonamides is 1. The second kappa shape index (κ2) is 8.74. The van der Waals surface area contributed by atoms with Crippen molar-refractivity contribution in [2.45, 2.75) is 24.3 Å². The lowest BCUT2D eigenvalue weighted by atomic mass is 10.1. The zero-order valence-electron chi connectivity index (χ0n) is 17.7. The van der Waals surface area contributed by atoms with E-state index >= 15 is 0 Å². The lowest BCUT2D eigenvalue weighted by Gasteiger charge is -2.39. The van der Waals surface area contributed by atoms with Crippen LogP contribution in [0.25, 0.3) is 0 Å². The van der Waals surface area contributed by atoms with E-state index < -0.39 is 10.0 Å². The molecule has 0 saturated carbocycles. The SMILES string of the molecule is Cc1cc(Cc2ccc(S(=O)(=O)N3CCN(C)CC3c3ccccc3)cc2)c(=O)[nH]n1. The Hall–Kier alpha value is -2.81. The standard InChI is InChI=1S/C23H26N4O3S/c1-17-14-20(23(28)25-24-17)15-18-8-10-21(11-9-18)31(29,30)27-13-12-26(2)16-22(27)19-6-4-3-5-7-19/h3-11,14,22H,12-13,15-16H2,1-2H3,(H,25,28). The molecule has 8 heteroatoms. The third kappa shape index (κ3) is 4.61. The Balaban J connectivity index is 1.60. The van der Waals surface area contributed by atoms with E-state index in [9.17, 15) is 13.2 Å². The Bertz CT molecular complexity index is 1210. The minimum absolute atomic E-state index is 0.231. The van der Waals surface area contributed by atoms with E-state index in [0.29, 0.717) is 31.6 Å². The summed E-state index contributed by atoms with van der Waals surface area (Å²) in [6.07, 6.45) is 0.417. The van der Waals surface area contributed by atoms with E-state index in [1.807, 2.05) is 44.3 Å². The molecule has 1 aliphatic heterocycles. The Morgan fingerprint density at radius 3 is 2.48 bits per heavy atom. The minimum atomic E-state index is -3.66. The highest BCUT2D eigenvalue weighted by Gasteiger charge is 2.36. The molecule has 1 N–H and O–H groups in total. The molecule has 162 valence electrons. The maximum Gasteiger partial charge on any atom is 0.267 e. The number of aromatic amines is 1. The van der Waals surface area contributed by atoms with Crippen LogP contribution in [0.1, 0.15) is 28.4 Å². The Labute approximate surface area is 182 Å². The van der Waals surface area contributed by atoms with Crippen molar-refractivity contribution >= 4 is 10.0 Å². The molecular weight excluding hydrogens is 412 g/mol. The average molecular weight is 439 g/mol. The third-order valence-electron chi connectivity index (χ3n) is 5.65. The number of aryl methyl sites for hydroxylation is 1. The lowest BCUT2D eigenvalue weighted by Crippen LogP contribution is -2.49. The second-order valence-electron chi connectivity index (χ2n) is 7.99. The van der Waals surface area contributed by atoms with Crippen LogP contribution in [-0.4, -0.2) is 54.5 Å². The molecule has 1 aromatic heterocycles. The molecule has 31 heavy (non-hydrogen) atoms. The van der Waals surface area contributed by atoms with Gasteiger partial charge < -0.3 is 4.90 Å². The molecular formula is C23H26N4O3S. The fourth-order valence-electron chi connectivity index (χ4n) is 3.96. The van der Waals surface area contributed by atoms with Gasteiger partial charge in [0.05, 0.1) is 16.6 Å². The highest BCUT2D eigenvalue weighted by Crippen LogP contribution is 2.31. The van der Waals surface area contributed by atoms with Crippen LogP contribution in [0.15, 0.2) is 70.4 Å². The summed E-state index contributed by atoms with van der Waals surface area (Å²) in [5.74, 6) is 0. The molecule has 1 saturated heterocycles. The van der Waals surface area contributed by atoms with Crippen LogP contribution in [0.3, 0.4) is 0 Å². The van der Waals surface area contributed by atoms with E-state index in [-0.39, 0.29) is 16.5 Å². The summed E-state index contributed by atoms with van der Waals surface area (Å²) < 4.78 is 28.6. The molecule has 1 aliphatic rings. The van der Waals surface area contributed by atoms with Crippen molar-refractivity contribution in [2.75, 3.05) is 26.7 Å². The fourth-order valence-corrected chi connectivity index (χ4v) is 5.56. The van der Waals surface area contributed by atoms with Gasteiger partial charge in [0.15, 0.2) is 0 Å². The van der Waals surface area contributed by atoms with E-state index in [1.54, 1.807) is 34.6 Å². The first kappa shape index (κ1) is 21.4. The van der Waals surface area contributed by atoms with Crippen LogP contribution in [0.2, 0.25) is 0 Å². The number of nitrogens with zero attached hydrogens (tertiary/aromatic N) is 3. The zero-order valence-corrected chi connectivity index (χ0v) is 18.5. The first-order chi connectivity index (χ1) is 14.8. The van der Waals surface area contributed by atoms with Crippen molar-refractivity contribution in [1.82, 2.24) is 19.4 Å². The van der Waals surface area contributed by atoms with Crippen molar-refractivity contribution in [3.63, 3.8) is 0 Å². The summed E-state index contributed by atoms with van der Waals surface area (Å²) in [5.41, 5.74) is 2.96. The quantitative estimate of drug-likeness (QED) is 0.661. The molecule has 0 amide bonds. The maximum absolute atomic E-state index is 13.5. The van der Waals surface area contributed by atoms with Crippen molar-refractivity contribution < 1.29 is 8.42 Å². The largest absolute Gasteiger partial charge is 0.303 e. The molecule has 7 nitrogen and oxygen atoms in total. The Morgan fingerprint density at radius 2 is 1.77 bits per heavy atom. The van der Waals surface area contributed by atoms with Gasteiger partial charge in [-0.15, -0.1) is 0 Å². The Morgan fingerprint density at radius 1 is 1.06 bits per heavy atom. The molecule has 0 spiro atoms. The van der Waals surface area contributed by atoms with Crippen LogP contribution < -0.4 is 5.56 Å². The maximum atomic E-state index is 13.5. The molecule has 4 rings (SSSR count). The molecule has 2 heterocycles. The topological polar surface area (TPSA) is 86.4 Å². The first-order valence-corrected chi connectivity index (χ1v) is 11.7. The lowest BCUT2D eigenvalue weighted by molar-refractivity contribution is 0.160. The van der Waals surface area contributed by atoms with Gasteiger partial charge >= 0.3 is 0 Å². The van der Waals surface area contributed by atoms with Gasteiger partial charge in [0.2, 0.25) is 10.0 Å². The predicted molar refractivity (Wildman–Crippen MR) is 119 cm³/mol. The molecule has 0 radical (unpaired) electrons. The summed E-state index contributed by atoms with van der Waals surface area (Å²) in [6, 6.07) is 18.1. The van der Waals surface area contributed by atoms with Gasteiger partial charge in [-0.3, -0.25) is 4.79 Å². The summed E-state index contributed by atoms with van der Waals surface area (Å²) in [7, 11) is -1.65. The van der Waals surface area contributed by atoms with Gasteiger partial charge in [-0.2, -0.15) is 9.40 Å². The van der Waals surface area contributed by atoms with Crippen LogP contribution in [0, 0.1) is 6.92 Å². The number of nitrogens with one attached hydrogen (secondary N) is 1. The summed E-state index contributed by atoms with van der Waals surface area (Å²) in [4.78, 5) is 14.4. The predicted octanol–water partition coefficient (Wildman–Crippen LogP) is 2.35. The van der Waals surface area contributed by atoms with Gasteiger partial charge in [0.1, 0.15) is 0 Å². The molecule has 0 aliphatic carbocycles. The van der Waals surface area contributed by atoms with Crippen molar-refractivity contribution in [1.29, 1.82) is 0 Å². The number of piperazine rings is 1. The molecule has 1 unspecified atom stereocenters. The monoisotopic (exact) mass is 438 g/mol. The van der Waals surface area contributed by atoms with Gasteiger partial charge in [0, 0.05) is 31.6 Å². The number of benzene rings is 2. The minimum Gasteiger partial charge on any atom is -0.303 e. The van der Waals surface area contributed by atoms with E-state index in [1.165, 1.54) is 0 Å². The van der Waals surface area contributed by atoms with Gasteiger partial charge in [-0.1, -0.05) is 42.5 Å². The van der Waals surface area contributed by atoms with Gasteiger partial charge in [-0.25, -0.2) is 13.5 Å². The van der Waals surface area contributed by atoms with Crippen LogP contribution in [0.5, 0.6) is 0 Å². The first-order valence-electron chi connectivity index (χ1n) is 10.2. The fraction of sp³-hybridized carbons (Fsp3) is 0.304. The normalized spacial score (nSPS) is 18.2. The number of aromatic nitrogens is 2. The van der Waals surface area contributed by atoms with E-state index in [0.717, 1.165) is 16.8 Å². The summed E-state index contributed by atoms with van der Waals surface area (Å²) in [6.45, 7) is 3.58. The number of H-pyrrole nitrogens is 1. The average Bonchev–Trinajstić information content (AvgIpc) is 2.77. The molecule has 0 bridgehead atoms. The molecule has 1 fully saturated rings. The molecule has 3 aromatic rings. The summed E-state index contributed by atoms with van der Waals surface area (Å²) >= 11 is 0. The third-order valence-corrected chi connectivity index (χ3v) is 7.57. The van der Waals surface area contributed by atoms with Crippen molar-refractivity contribution in [2.24, 2.45) is 0 Å². The van der Waals surface area contributed by atoms with Gasteiger partial charge in [0.25, 0.3) is 5.56 Å². The van der Waals surface area contributed by atoms with Crippen molar-refractivity contribution in [3.8, 4) is 0 Å².